The third-order valence-corrected chi connectivity index (χ3v) is 3.65. The van der Waals surface area contributed by atoms with Crippen LogP contribution < -0.4 is 5.32 Å². The van der Waals surface area contributed by atoms with E-state index >= 15 is 0 Å². The molecule has 1 fully saturated rings. The first-order valence-corrected chi connectivity index (χ1v) is 6.13. The Hall–Kier alpha value is -1.35. The predicted octanol–water partition coefficient (Wildman–Crippen LogP) is 1.28. The molecule has 0 bridgehead atoms. The lowest BCUT2D eigenvalue weighted by Crippen LogP contribution is -2.54. The van der Waals surface area contributed by atoms with Crippen molar-refractivity contribution in [2.45, 2.75) is 26.3 Å². The van der Waals surface area contributed by atoms with E-state index in [-0.39, 0.29) is 11.9 Å². The highest BCUT2D eigenvalue weighted by atomic mass is 16.2. The standard InChI is InChI=1S/C14H20N2O/c1-10-5-4-6-12(11(10)2)9-13-14(17)16(3)8-7-15-13/h4-6,13,15H,7-9H2,1-3H3. The molecule has 1 saturated heterocycles. The van der Waals surface area contributed by atoms with Gasteiger partial charge in [-0.15, -0.1) is 0 Å². The molecule has 1 amide bonds. The van der Waals surface area contributed by atoms with Crippen LogP contribution >= 0.6 is 0 Å². The molecule has 0 aliphatic carbocycles. The molecule has 92 valence electrons. The van der Waals surface area contributed by atoms with Gasteiger partial charge in [0, 0.05) is 20.1 Å². The average Bonchev–Trinajstić information content (AvgIpc) is 2.31. The van der Waals surface area contributed by atoms with Crippen molar-refractivity contribution in [1.29, 1.82) is 0 Å². The number of likely N-dealkylation sites (N-methyl/N-ethyl adjacent to an activating group) is 1. The second-order valence-corrected chi connectivity index (χ2v) is 4.83. The molecule has 0 aromatic heterocycles. The Balaban J connectivity index is 2.15. The summed E-state index contributed by atoms with van der Waals surface area (Å²) in [5, 5.41) is 3.30. The third-order valence-electron chi connectivity index (χ3n) is 3.65. The van der Waals surface area contributed by atoms with Crippen molar-refractivity contribution in [3.8, 4) is 0 Å². The Morgan fingerprint density at radius 1 is 1.41 bits per heavy atom. The molecule has 0 spiro atoms. The van der Waals surface area contributed by atoms with Crippen molar-refractivity contribution < 1.29 is 4.79 Å². The molecule has 1 aromatic carbocycles. The largest absolute Gasteiger partial charge is 0.343 e. The Bertz CT molecular complexity index is 428. The monoisotopic (exact) mass is 232 g/mol. The van der Waals surface area contributed by atoms with Gasteiger partial charge in [-0.25, -0.2) is 0 Å². The normalized spacial score (nSPS) is 20.8. The first kappa shape index (κ1) is 12.1. The Morgan fingerprint density at radius 3 is 2.94 bits per heavy atom. The van der Waals surface area contributed by atoms with Crippen LogP contribution in [0.1, 0.15) is 16.7 Å². The number of carbonyl (C=O) groups is 1. The number of nitrogens with one attached hydrogen (secondary N) is 1. The van der Waals surface area contributed by atoms with Crippen LogP contribution in [0.25, 0.3) is 0 Å². The summed E-state index contributed by atoms with van der Waals surface area (Å²) in [6, 6.07) is 6.23. The summed E-state index contributed by atoms with van der Waals surface area (Å²) in [5.41, 5.74) is 3.86. The molecule has 1 N–H and O–H groups in total. The maximum atomic E-state index is 12.0. The number of nitrogens with zero attached hydrogens (tertiary/aromatic N) is 1. The number of piperazine rings is 1. The van der Waals surface area contributed by atoms with E-state index < -0.39 is 0 Å². The molecule has 3 nitrogen and oxygen atoms in total. The van der Waals surface area contributed by atoms with Crippen LogP contribution in [0.2, 0.25) is 0 Å². The average molecular weight is 232 g/mol. The van der Waals surface area contributed by atoms with Crippen molar-refractivity contribution in [3.05, 3.63) is 34.9 Å². The molecule has 1 atom stereocenters. The van der Waals surface area contributed by atoms with Crippen LogP contribution in [0.15, 0.2) is 18.2 Å². The SMILES string of the molecule is Cc1cccc(CC2NCCN(C)C2=O)c1C. The fourth-order valence-corrected chi connectivity index (χ4v) is 2.28. The number of hydrogen-bond donors (Lipinski definition) is 1. The van der Waals surface area contributed by atoms with E-state index in [0.717, 1.165) is 19.5 Å². The molecule has 1 aliphatic rings. The van der Waals surface area contributed by atoms with E-state index in [0.29, 0.717) is 0 Å². The van der Waals surface area contributed by atoms with Gasteiger partial charge in [0.25, 0.3) is 0 Å². The molecule has 1 aliphatic heterocycles. The van der Waals surface area contributed by atoms with E-state index in [4.69, 9.17) is 0 Å². The Kier molecular flexibility index (Phi) is 3.48. The van der Waals surface area contributed by atoms with Crippen LogP contribution in [0.4, 0.5) is 0 Å². The van der Waals surface area contributed by atoms with Crippen LogP contribution in [0.3, 0.4) is 0 Å². The number of hydrogen-bond acceptors (Lipinski definition) is 2. The lowest BCUT2D eigenvalue weighted by Gasteiger charge is -2.30. The first-order valence-electron chi connectivity index (χ1n) is 6.13. The van der Waals surface area contributed by atoms with Gasteiger partial charge in [0.05, 0.1) is 6.04 Å². The molecule has 1 heterocycles. The second kappa shape index (κ2) is 4.88. The van der Waals surface area contributed by atoms with Gasteiger partial charge in [-0.05, 0) is 37.0 Å². The van der Waals surface area contributed by atoms with Gasteiger partial charge in [0.1, 0.15) is 0 Å². The number of benzene rings is 1. The summed E-state index contributed by atoms with van der Waals surface area (Å²) >= 11 is 0. The zero-order valence-corrected chi connectivity index (χ0v) is 10.8. The minimum atomic E-state index is -0.0609. The van der Waals surface area contributed by atoms with Crippen LogP contribution in [-0.2, 0) is 11.2 Å². The predicted molar refractivity (Wildman–Crippen MR) is 69.0 cm³/mol. The molecule has 3 heteroatoms. The van der Waals surface area contributed by atoms with Gasteiger partial charge < -0.3 is 10.2 Å². The van der Waals surface area contributed by atoms with E-state index in [1.807, 2.05) is 11.9 Å². The summed E-state index contributed by atoms with van der Waals surface area (Å²) in [5.74, 6) is 0.206. The number of amides is 1. The van der Waals surface area contributed by atoms with Gasteiger partial charge in [-0.2, -0.15) is 0 Å². The highest BCUT2D eigenvalue weighted by Crippen LogP contribution is 2.16. The molecular formula is C14H20N2O. The van der Waals surface area contributed by atoms with Crippen molar-refractivity contribution in [3.63, 3.8) is 0 Å². The molecule has 1 unspecified atom stereocenters. The van der Waals surface area contributed by atoms with Gasteiger partial charge in [-0.3, -0.25) is 4.79 Å². The summed E-state index contributed by atoms with van der Waals surface area (Å²) < 4.78 is 0. The number of aryl methyl sites for hydroxylation is 1. The zero-order chi connectivity index (χ0) is 12.4. The molecule has 0 saturated carbocycles. The van der Waals surface area contributed by atoms with Crippen molar-refractivity contribution in [1.82, 2.24) is 10.2 Å². The quantitative estimate of drug-likeness (QED) is 0.833. The molecule has 2 rings (SSSR count). The van der Waals surface area contributed by atoms with Crippen LogP contribution in [0, 0.1) is 13.8 Å². The van der Waals surface area contributed by atoms with Crippen LogP contribution in [-0.4, -0.2) is 37.0 Å². The summed E-state index contributed by atoms with van der Waals surface area (Å²) in [7, 11) is 1.87. The summed E-state index contributed by atoms with van der Waals surface area (Å²) in [6.07, 6.45) is 0.788. The molecule has 1 aromatic rings. The topological polar surface area (TPSA) is 32.3 Å². The van der Waals surface area contributed by atoms with Gasteiger partial charge in [0.15, 0.2) is 0 Å². The van der Waals surface area contributed by atoms with Crippen molar-refractivity contribution in [2.24, 2.45) is 0 Å². The van der Waals surface area contributed by atoms with Crippen molar-refractivity contribution in [2.75, 3.05) is 20.1 Å². The maximum Gasteiger partial charge on any atom is 0.239 e. The Labute approximate surface area is 103 Å². The van der Waals surface area contributed by atoms with Gasteiger partial charge in [-0.1, -0.05) is 18.2 Å². The molecular weight excluding hydrogens is 212 g/mol. The fraction of sp³-hybridized carbons (Fsp3) is 0.500. The highest BCUT2D eigenvalue weighted by molar-refractivity contribution is 5.82. The number of carbonyl (C=O) groups excluding carboxylic acids is 1. The smallest absolute Gasteiger partial charge is 0.239 e. The van der Waals surface area contributed by atoms with E-state index in [1.54, 1.807) is 0 Å². The maximum absolute atomic E-state index is 12.0. The van der Waals surface area contributed by atoms with Crippen molar-refractivity contribution >= 4 is 5.91 Å². The first-order chi connectivity index (χ1) is 8.09. The minimum absolute atomic E-state index is 0.0609. The molecule has 0 radical (unpaired) electrons. The summed E-state index contributed by atoms with van der Waals surface area (Å²) in [4.78, 5) is 13.8. The highest BCUT2D eigenvalue weighted by Gasteiger charge is 2.26. The van der Waals surface area contributed by atoms with Crippen LogP contribution in [0.5, 0.6) is 0 Å². The molecule has 17 heavy (non-hydrogen) atoms. The minimum Gasteiger partial charge on any atom is -0.343 e. The zero-order valence-electron chi connectivity index (χ0n) is 10.8. The summed E-state index contributed by atoms with van der Waals surface area (Å²) in [6.45, 7) is 5.93. The van der Waals surface area contributed by atoms with Gasteiger partial charge >= 0.3 is 0 Å². The Morgan fingerprint density at radius 2 is 2.18 bits per heavy atom. The van der Waals surface area contributed by atoms with Gasteiger partial charge in [0.2, 0.25) is 5.91 Å². The van der Waals surface area contributed by atoms with E-state index in [2.05, 4.69) is 37.4 Å². The second-order valence-electron chi connectivity index (χ2n) is 4.83. The van der Waals surface area contributed by atoms with E-state index in [9.17, 15) is 4.79 Å². The van der Waals surface area contributed by atoms with E-state index in [1.165, 1.54) is 16.7 Å². The lowest BCUT2D eigenvalue weighted by atomic mass is 9.96. The fourth-order valence-electron chi connectivity index (χ4n) is 2.28. The number of rotatable bonds is 2. The third kappa shape index (κ3) is 2.50. The lowest BCUT2D eigenvalue weighted by molar-refractivity contribution is -0.134.